The summed E-state index contributed by atoms with van der Waals surface area (Å²) >= 11 is 0. The Morgan fingerprint density at radius 2 is 1.52 bits per heavy atom. The predicted molar refractivity (Wildman–Crippen MR) is 79.3 cm³/mol. The van der Waals surface area contributed by atoms with Crippen LogP contribution in [0.5, 0.6) is 0 Å². The van der Waals surface area contributed by atoms with Gasteiger partial charge in [0.2, 0.25) is 0 Å². The average molecular weight is 299 g/mol. The van der Waals surface area contributed by atoms with Gasteiger partial charge < -0.3 is 14.2 Å². The molecule has 0 aromatic carbocycles. The van der Waals surface area contributed by atoms with E-state index in [1.54, 1.807) is 0 Å². The molecule has 5 heteroatoms. The van der Waals surface area contributed by atoms with Crippen molar-refractivity contribution in [3.63, 3.8) is 0 Å². The maximum Gasteiger partial charge on any atom is 0.358 e. The van der Waals surface area contributed by atoms with Gasteiger partial charge in [-0.3, -0.25) is 4.79 Å². The summed E-state index contributed by atoms with van der Waals surface area (Å²) in [5.41, 5.74) is -0.409. The molecule has 23 heavy (non-hydrogen) atoms. The Labute approximate surface area is 133 Å². The molecule has 0 unspecified atom stereocenters. The van der Waals surface area contributed by atoms with Crippen molar-refractivity contribution in [3.8, 4) is 71.7 Å². The van der Waals surface area contributed by atoms with E-state index >= 15 is 0 Å². The first-order chi connectivity index (χ1) is 11.3. The molecule has 0 aromatic rings. The highest BCUT2D eigenvalue weighted by molar-refractivity contribution is 5.91. The van der Waals surface area contributed by atoms with Crippen LogP contribution in [0.15, 0.2) is 11.6 Å². The zero-order valence-corrected chi connectivity index (χ0v) is 11.6. The van der Waals surface area contributed by atoms with Gasteiger partial charge in [0.25, 0.3) is 5.95 Å². The molecule has 1 aliphatic rings. The van der Waals surface area contributed by atoms with Crippen molar-refractivity contribution in [2.24, 2.45) is 0 Å². The fourth-order valence-corrected chi connectivity index (χ4v) is 1.02. The molecule has 1 heterocycles. The minimum absolute atomic E-state index is 0.157. The second kappa shape index (κ2) is 10.4. The lowest BCUT2D eigenvalue weighted by molar-refractivity contribution is -0.132. The van der Waals surface area contributed by atoms with Crippen LogP contribution in [0.1, 0.15) is 0 Å². The van der Waals surface area contributed by atoms with Crippen LogP contribution in [0.2, 0.25) is 0 Å². The van der Waals surface area contributed by atoms with Crippen molar-refractivity contribution in [2.45, 2.75) is 0 Å². The topological polar surface area (TPSA) is 49.1 Å². The third-order valence-electron chi connectivity index (χ3n) is 1.82. The predicted octanol–water partition coefficient (Wildman–Crippen LogP) is 0.272. The number of carbonyl (C=O) groups is 1. The zero-order chi connectivity index (χ0) is 16.8. The summed E-state index contributed by atoms with van der Waals surface area (Å²) in [7, 11) is 0. The average Bonchev–Trinajstić information content (AvgIpc) is 3.07. The molecule has 0 aliphatic carbocycles. The molecular weight excluding hydrogens is 294 g/mol. The second-order valence-corrected chi connectivity index (χ2v) is 3.21. The molecule has 1 saturated heterocycles. The van der Waals surface area contributed by atoms with Crippen molar-refractivity contribution >= 4 is 5.97 Å². The lowest BCUT2D eigenvalue weighted by atomic mass is 10.5. The molecule has 1 aliphatic heterocycles. The highest BCUT2D eigenvalue weighted by Crippen LogP contribution is 2.15. The summed E-state index contributed by atoms with van der Waals surface area (Å²) in [6.07, 6.45) is 6.92. The van der Waals surface area contributed by atoms with Crippen LogP contribution in [0.25, 0.3) is 4.85 Å². The van der Waals surface area contributed by atoms with Crippen LogP contribution >= 0.6 is 0 Å². The lowest BCUT2D eigenvalue weighted by Gasteiger charge is -1.99. The van der Waals surface area contributed by atoms with Gasteiger partial charge in [-0.1, -0.05) is 0 Å². The molecule has 1 rings (SSSR count). The fourth-order valence-electron chi connectivity index (χ4n) is 1.02. The molecule has 0 atom stereocenters. The maximum absolute atomic E-state index is 11.5. The summed E-state index contributed by atoms with van der Waals surface area (Å²) in [6.45, 7) is 7.43. The monoisotopic (exact) mass is 299 g/mol. The number of nitrogens with zero attached hydrogens (tertiary/aromatic N) is 1. The number of ether oxygens (including phenoxy) is 3. The first-order valence-electron chi connectivity index (χ1n) is 5.83. The Kier molecular flexibility index (Phi) is 7.59. The van der Waals surface area contributed by atoms with Gasteiger partial charge >= 0.3 is 11.7 Å². The highest BCUT2D eigenvalue weighted by Gasteiger charge is 2.24. The molecule has 0 aromatic heterocycles. The summed E-state index contributed by atoms with van der Waals surface area (Å²) in [4.78, 5) is 14.5. The van der Waals surface area contributed by atoms with Crippen LogP contribution < -0.4 is 0 Å². The van der Waals surface area contributed by atoms with E-state index < -0.39 is 11.7 Å². The number of hydrogen-bond acceptors (Lipinski definition) is 4. The minimum Gasteiger partial charge on any atom is -0.470 e. The Balaban J connectivity index is 2.55. The van der Waals surface area contributed by atoms with Gasteiger partial charge in [0.15, 0.2) is 0 Å². The minimum atomic E-state index is -0.977. The fraction of sp³-hybridized carbons (Fsp3) is 0.111. The molecular formula is C18H5NO4. The van der Waals surface area contributed by atoms with E-state index in [4.69, 9.17) is 22.5 Å². The van der Waals surface area contributed by atoms with E-state index in [-0.39, 0.29) is 19.2 Å². The second-order valence-electron chi connectivity index (χ2n) is 3.21. The van der Waals surface area contributed by atoms with Crippen LogP contribution in [-0.2, 0) is 19.0 Å². The smallest absolute Gasteiger partial charge is 0.358 e. The van der Waals surface area contributed by atoms with Crippen molar-refractivity contribution < 1.29 is 19.0 Å². The van der Waals surface area contributed by atoms with Gasteiger partial charge in [0, 0.05) is 29.6 Å². The molecule has 0 radical (unpaired) electrons. The normalized spacial score (nSPS) is 9.22. The molecule has 0 saturated carbocycles. The molecule has 0 N–H and O–H groups in total. The summed E-state index contributed by atoms with van der Waals surface area (Å²) in [6, 6.07) is 0. The molecule has 0 spiro atoms. The Bertz CT molecular complexity index is 907. The number of carbonyl (C=O) groups excluding carboxylic acids is 1. The van der Waals surface area contributed by atoms with E-state index in [0.717, 1.165) is 0 Å². The molecule has 0 amide bonds. The summed E-state index contributed by atoms with van der Waals surface area (Å²) in [5, 5.41) is 0. The van der Waals surface area contributed by atoms with Gasteiger partial charge in [-0.15, -0.1) is 6.42 Å². The number of hydrogen-bond donors (Lipinski definition) is 0. The first-order valence-corrected chi connectivity index (χ1v) is 5.83. The Morgan fingerprint density at radius 3 is 2.04 bits per heavy atom. The largest absolute Gasteiger partial charge is 0.470 e. The van der Waals surface area contributed by atoms with E-state index in [1.807, 2.05) is 6.11 Å². The molecule has 106 valence electrons. The Hall–Kier alpha value is -4.34. The summed E-state index contributed by atoms with van der Waals surface area (Å²) in [5.74, 6) is 22.1. The number of rotatable bonds is 1. The molecule has 0 bridgehead atoms. The lowest BCUT2D eigenvalue weighted by Crippen LogP contribution is -2.05. The van der Waals surface area contributed by atoms with Gasteiger partial charge in [-0.25, -0.2) is 4.85 Å². The van der Waals surface area contributed by atoms with Crippen LogP contribution in [0, 0.1) is 78.3 Å². The first kappa shape index (κ1) is 16.7. The quantitative estimate of drug-likeness (QED) is 0.302. The van der Waals surface area contributed by atoms with E-state index in [2.05, 4.69) is 68.8 Å². The van der Waals surface area contributed by atoms with E-state index in [0.29, 0.717) is 0 Å². The third-order valence-corrected chi connectivity index (χ3v) is 1.82. The van der Waals surface area contributed by atoms with E-state index in [9.17, 15) is 4.79 Å². The van der Waals surface area contributed by atoms with Crippen LogP contribution in [-0.4, -0.2) is 19.2 Å². The van der Waals surface area contributed by atoms with Crippen molar-refractivity contribution in [1.29, 1.82) is 0 Å². The molecule has 1 fully saturated rings. The van der Waals surface area contributed by atoms with E-state index in [1.165, 1.54) is 0 Å². The van der Waals surface area contributed by atoms with Gasteiger partial charge in [-0.05, 0) is 29.6 Å². The van der Waals surface area contributed by atoms with Crippen LogP contribution in [0.3, 0.4) is 0 Å². The number of terminal acetylenes is 1. The van der Waals surface area contributed by atoms with Crippen molar-refractivity contribution in [2.75, 3.05) is 13.2 Å². The van der Waals surface area contributed by atoms with Crippen LogP contribution in [0.4, 0.5) is 0 Å². The van der Waals surface area contributed by atoms with Gasteiger partial charge in [0.1, 0.15) is 19.3 Å². The Morgan fingerprint density at radius 1 is 1.00 bits per heavy atom. The molecule has 5 nitrogen and oxygen atoms in total. The third kappa shape index (κ3) is 6.58. The zero-order valence-electron chi connectivity index (χ0n) is 11.6. The van der Waals surface area contributed by atoms with Gasteiger partial charge in [-0.2, -0.15) is 0 Å². The van der Waals surface area contributed by atoms with Crippen molar-refractivity contribution in [3.05, 3.63) is 23.1 Å². The summed E-state index contributed by atoms with van der Waals surface area (Å²) < 4.78 is 14.4. The van der Waals surface area contributed by atoms with Gasteiger partial charge in [0.05, 0.1) is 6.57 Å². The maximum atomic E-state index is 11.5. The highest BCUT2D eigenvalue weighted by atomic mass is 16.7. The van der Waals surface area contributed by atoms with Crippen molar-refractivity contribution in [1.82, 2.24) is 0 Å². The SMILES string of the molecule is [C-]#[N+]C(C(=O)OC#CC#CC#CC#CC#CC#C)=C1OCCO1. The standard InChI is InChI=1S/C18H5NO4/c1-3-4-5-6-7-8-9-10-11-12-13-21-17(20)16(19-2)18-22-14-15-23-18/h1H,14-15H2. The number of esters is 1.